The van der Waals surface area contributed by atoms with Gasteiger partial charge in [-0.2, -0.15) is 0 Å². The number of hydrogen-bond donors (Lipinski definition) is 3. The summed E-state index contributed by atoms with van der Waals surface area (Å²) in [5, 5.41) is 13.7. The van der Waals surface area contributed by atoms with Crippen molar-refractivity contribution in [1.29, 1.82) is 0 Å². The van der Waals surface area contributed by atoms with Crippen LogP contribution in [0.25, 0.3) is 0 Å². The Morgan fingerprint density at radius 2 is 2.06 bits per heavy atom. The van der Waals surface area contributed by atoms with Crippen LogP contribution in [0.1, 0.15) is 12.0 Å². The second-order valence-corrected chi connectivity index (χ2v) is 4.66. The fraction of sp³-hybridized carbons (Fsp3) is 0.417. The van der Waals surface area contributed by atoms with Gasteiger partial charge >= 0.3 is 6.03 Å². The van der Waals surface area contributed by atoms with Crippen LogP contribution < -0.4 is 10.6 Å². The lowest BCUT2D eigenvalue weighted by Gasteiger charge is -2.07. The van der Waals surface area contributed by atoms with Crippen molar-refractivity contribution in [2.24, 2.45) is 0 Å². The number of aliphatic hydroxyl groups is 1. The summed E-state index contributed by atoms with van der Waals surface area (Å²) in [6.45, 7) is 0.829. The Balaban J connectivity index is 2.28. The fourth-order valence-corrected chi connectivity index (χ4v) is 1.80. The molecule has 3 N–H and O–H groups in total. The maximum Gasteiger partial charge on any atom is 0.314 e. The molecule has 2 amide bonds. The van der Waals surface area contributed by atoms with E-state index < -0.39 is 0 Å². The van der Waals surface area contributed by atoms with Crippen LogP contribution in [-0.2, 0) is 6.42 Å². The van der Waals surface area contributed by atoms with Crippen LogP contribution in [0.4, 0.5) is 9.18 Å². The second-order valence-electron chi connectivity index (χ2n) is 3.75. The van der Waals surface area contributed by atoms with E-state index in [1.807, 2.05) is 0 Å². The molecule has 0 heterocycles. The van der Waals surface area contributed by atoms with Crippen LogP contribution in [0.15, 0.2) is 22.7 Å². The van der Waals surface area contributed by atoms with E-state index in [4.69, 9.17) is 5.11 Å². The quantitative estimate of drug-likeness (QED) is 0.701. The fourth-order valence-electron chi connectivity index (χ4n) is 1.39. The van der Waals surface area contributed by atoms with Crippen molar-refractivity contribution in [3.63, 3.8) is 0 Å². The number of nitrogens with one attached hydrogen (secondary N) is 2. The van der Waals surface area contributed by atoms with Crippen molar-refractivity contribution in [3.05, 3.63) is 34.1 Å². The molecule has 0 saturated heterocycles. The summed E-state index contributed by atoms with van der Waals surface area (Å²) >= 11 is 3.27. The molecule has 0 radical (unpaired) electrons. The molecule has 0 aromatic heterocycles. The summed E-state index contributed by atoms with van der Waals surface area (Å²) in [6, 6.07) is 4.41. The van der Waals surface area contributed by atoms with Crippen LogP contribution in [0.2, 0.25) is 0 Å². The number of carbonyl (C=O) groups is 1. The Morgan fingerprint density at radius 3 is 2.78 bits per heavy atom. The number of hydrogen-bond acceptors (Lipinski definition) is 2. The maximum atomic E-state index is 13.4. The van der Waals surface area contributed by atoms with Gasteiger partial charge in [0.1, 0.15) is 5.82 Å². The molecule has 100 valence electrons. The molecule has 0 aliphatic heterocycles. The van der Waals surface area contributed by atoms with Gasteiger partial charge in [0.25, 0.3) is 0 Å². The summed E-state index contributed by atoms with van der Waals surface area (Å²) in [5.74, 6) is -0.277. The van der Waals surface area contributed by atoms with E-state index >= 15 is 0 Å². The van der Waals surface area contributed by atoms with Gasteiger partial charge in [-0.05, 0) is 36.6 Å². The van der Waals surface area contributed by atoms with Gasteiger partial charge in [0.2, 0.25) is 0 Å². The number of carbonyl (C=O) groups excluding carboxylic acids is 1. The third kappa shape index (κ3) is 5.46. The van der Waals surface area contributed by atoms with Gasteiger partial charge in [-0.15, -0.1) is 0 Å². The average molecular weight is 319 g/mol. The van der Waals surface area contributed by atoms with Crippen LogP contribution in [0, 0.1) is 5.82 Å². The van der Waals surface area contributed by atoms with Crippen LogP contribution in [0.3, 0.4) is 0 Å². The normalized spacial score (nSPS) is 10.2. The molecule has 6 heteroatoms. The largest absolute Gasteiger partial charge is 0.396 e. The Kier molecular flexibility index (Phi) is 6.67. The average Bonchev–Trinajstić information content (AvgIpc) is 2.34. The number of halogens is 2. The number of urea groups is 1. The van der Waals surface area contributed by atoms with E-state index in [0.29, 0.717) is 31.5 Å². The molecule has 0 unspecified atom stereocenters. The molecule has 0 aliphatic carbocycles. The molecule has 0 fully saturated rings. The van der Waals surface area contributed by atoms with Crippen molar-refractivity contribution in [3.8, 4) is 0 Å². The van der Waals surface area contributed by atoms with Crippen molar-refractivity contribution in [2.75, 3.05) is 19.7 Å². The molecule has 0 spiro atoms. The number of amides is 2. The zero-order valence-electron chi connectivity index (χ0n) is 9.88. The van der Waals surface area contributed by atoms with Gasteiger partial charge in [-0.1, -0.05) is 15.9 Å². The molecule has 4 nitrogen and oxygen atoms in total. The lowest BCUT2D eigenvalue weighted by molar-refractivity contribution is 0.238. The highest BCUT2D eigenvalue weighted by Crippen LogP contribution is 2.15. The van der Waals surface area contributed by atoms with Gasteiger partial charge in [0.15, 0.2) is 0 Å². The van der Waals surface area contributed by atoms with Gasteiger partial charge in [0, 0.05) is 24.2 Å². The van der Waals surface area contributed by atoms with Crippen LogP contribution >= 0.6 is 15.9 Å². The summed E-state index contributed by atoms with van der Waals surface area (Å²) in [7, 11) is 0. The zero-order valence-corrected chi connectivity index (χ0v) is 11.5. The third-order valence-corrected chi connectivity index (χ3v) is 2.80. The standard InChI is InChI=1S/C12H16BrFN2O2/c13-10-2-3-11(14)9(8-10)4-6-16-12(18)15-5-1-7-17/h2-3,8,17H,1,4-7H2,(H2,15,16,18). The van der Waals surface area contributed by atoms with Gasteiger partial charge < -0.3 is 15.7 Å². The lowest BCUT2D eigenvalue weighted by atomic mass is 10.1. The SMILES string of the molecule is O=C(NCCCO)NCCc1cc(Br)ccc1F. The van der Waals surface area contributed by atoms with Crippen LogP contribution in [0.5, 0.6) is 0 Å². The van der Waals surface area contributed by atoms with Gasteiger partial charge in [-0.3, -0.25) is 0 Å². The van der Waals surface area contributed by atoms with Gasteiger partial charge in [0.05, 0.1) is 0 Å². The Bertz CT molecular complexity index is 402. The second kappa shape index (κ2) is 8.05. The molecule has 1 aromatic carbocycles. The maximum absolute atomic E-state index is 13.4. The molecule has 0 saturated carbocycles. The van der Waals surface area contributed by atoms with E-state index in [9.17, 15) is 9.18 Å². The van der Waals surface area contributed by atoms with E-state index in [-0.39, 0.29) is 18.5 Å². The molecule has 0 atom stereocenters. The van der Waals surface area contributed by atoms with E-state index in [2.05, 4.69) is 26.6 Å². The minimum absolute atomic E-state index is 0.0452. The minimum atomic E-state index is -0.307. The molecule has 1 rings (SSSR count). The number of aliphatic hydroxyl groups excluding tert-OH is 1. The predicted octanol–water partition coefficient (Wildman–Crippen LogP) is 1.81. The first-order chi connectivity index (χ1) is 8.63. The summed E-state index contributed by atoms with van der Waals surface area (Å²) in [5.41, 5.74) is 0.556. The first-order valence-electron chi connectivity index (χ1n) is 5.70. The van der Waals surface area contributed by atoms with Crippen molar-refractivity contribution < 1.29 is 14.3 Å². The smallest absolute Gasteiger partial charge is 0.314 e. The summed E-state index contributed by atoms with van der Waals surface area (Å²) in [4.78, 5) is 11.3. The highest BCUT2D eigenvalue weighted by atomic mass is 79.9. The summed E-state index contributed by atoms with van der Waals surface area (Å²) < 4.78 is 14.2. The molecule has 0 bridgehead atoms. The lowest BCUT2D eigenvalue weighted by Crippen LogP contribution is -2.37. The highest BCUT2D eigenvalue weighted by molar-refractivity contribution is 9.10. The number of rotatable bonds is 6. The Morgan fingerprint density at radius 1 is 1.33 bits per heavy atom. The van der Waals surface area contributed by atoms with E-state index in [1.165, 1.54) is 6.07 Å². The first-order valence-corrected chi connectivity index (χ1v) is 6.49. The molecule has 0 aliphatic rings. The van der Waals surface area contributed by atoms with Gasteiger partial charge in [-0.25, -0.2) is 9.18 Å². The van der Waals surface area contributed by atoms with E-state index in [0.717, 1.165) is 4.47 Å². The molecular weight excluding hydrogens is 303 g/mol. The van der Waals surface area contributed by atoms with Crippen molar-refractivity contribution in [2.45, 2.75) is 12.8 Å². The first kappa shape index (κ1) is 14.9. The zero-order chi connectivity index (χ0) is 13.4. The molecule has 1 aromatic rings. The topological polar surface area (TPSA) is 61.4 Å². The van der Waals surface area contributed by atoms with Crippen LogP contribution in [-0.4, -0.2) is 30.8 Å². The molecular formula is C12H16BrFN2O2. The Hall–Kier alpha value is -1.14. The Labute approximate surface area is 114 Å². The van der Waals surface area contributed by atoms with Crippen molar-refractivity contribution >= 4 is 22.0 Å². The van der Waals surface area contributed by atoms with E-state index in [1.54, 1.807) is 12.1 Å². The monoisotopic (exact) mass is 318 g/mol. The minimum Gasteiger partial charge on any atom is -0.396 e. The predicted molar refractivity (Wildman–Crippen MR) is 70.9 cm³/mol. The third-order valence-electron chi connectivity index (χ3n) is 2.31. The van der Waals surface area contributed by atoms with Crippen molar-refractivity contribution in [1.82, 2.24) is 10.6 Å². The summed E-state index contributed by atoms with van der Waals surface area (Å²) in [6.07, 6.45) is 0.951. The molecule has 18 heavy (non-hydrogen) atoms. The number of benzene rings is 1. The highest BCUT2D eigenvalue weighted by Gasteiger charge is 2.04.